The van der Waals surface area contributed by atoms with E-state index in [1.807, 2.05) is 13.2 Å². The number of esters is 1. The Morgan fingerprint density at radius 2 is 2.33 bits per heavy atom. The van der Waals surface area contributed by atoms with Crippen molar-refractivity contribution >= 4 is 17.7 Å². The van der Waals surface area contributed by atoms with E-state index in [-0.39, 0.29) is 5.97 Å². The molecule has 0 aromatic heterocycles. The van der Waals surface area contributed by atoms with E-state index < -0.39 is 0 Å². The van der Waals surface area contributed by atoms with Gasteiger partial charge in [-0.15, -0.1) is 0 Å². The summed E-state index contributed by atoms with van der Waals surface area (Å²) in [5.74, 6) is 0.838. The molecule has 0 bridgehead atoms. The summed E-state index contributed by atoms with van der Waals surface area (Å²) < 4.78 is 4.76. The average Bonchev–Trinajstić information content (AvgIpc) is 2.02. The third kappa shape index (κ3) is 6.49. The van der Waals surface area contributed by atoms with E-state index in [1.54, 1.807) is 11.8 Å². The van der Waals surface area contributed by atoms with E-state index in [0.717, 1.165) is 5.75 Å². The molecule has 72 valence electrons. The van der Waals surface area contributed by atoms with Gasteiger partial charge in [-0.2, -0.15) is 11.8 Å². The molecule has 0 aromatic carbocycles. The summed E-state index contributed by atoms with van der Waals surface area (Å²) in [4.78, 5) is 10.9. The molecule has 1 unspecified atom stereocenters. The van der Waals surface area contributed by atoms with Crippen LogP contribution in [0.5, 0.6) is 0 Å². The number of hydrogen-bond acceptors (Lipinski definition) is 4. The summed E-state index contributed by atoms with van der Waals surface area (Å²) in [6, 6.07) is 0.365. The van der Waals surface area contributed by atoms with Crippen molar-refractivity contribution in [2.45, 2.75) is 19.9 Å². The van der Waals surface area contributed by atoms with Crippen LogP contribution in [-0.2, 0) is 9.53 Å². The molecular formula is C8H17NO2S. The minimum Gasteiger partial charge on any atom is -0.465 e. The minimum atomic E-state index is -0.176. The van der Waals surface area contributed by atoms with Gasteiger partial charge in [0.2, 0.25) is 0 Å². The summed E-state index contributed by atoms with van der Waals surface area (Å²) in [6.45, 7) is 4.63. The zero-order valence-corrected chi connectivity index (χ0v) is 8.74. The fourth-order valence-electron chi connectivity index (χ4n) is 0.779. The highest BCUT2D eigenvalue weighted by Crippen LogP contribution is 1.95. The second-order valence-electron chi connectivity index (χ2n) is 2.54. The van der Waals surface area contributed by atoms with Crippen LogP contribution in [-0.4, -0.2) is 37.2 Å². The second kappa shape index (κ2) is 7.43. The Morgan fingerprint density at radius 3 is 2.83 bits per heavy atom. The molecule has 0 aliphatic heterocycles. The van der Waals surface area contributed by atoms with Gasteiger partial charge in [-0.05, 0) is 20.1 Å². The lowest BCUT2D eigenvalue weighted by Gasteiger charge is -2.10. The van der Waals surface area contributed by atoms with E-state index in [2.05, 4.69) is 12.2 Å². The largest absolute Gasteiger partial charge is 0.465 e. The number of carbonyl (C=O) groups is 1. The van der Waals surface area contributed by atoms with Crippen LogP contribution < -0.4 is 5.32 Å². The number of nitrogens with one attached hydrogen (secondary N) is 1. The molecule has 0 rings (SSSR count). The average molecular weight is 191 g/mol. The number of hydrogen-bond donors (Lipinski definition) is 1. The highest BCUT2D eigenvalue weighted by molar-refractivity contribution is 7.98. The van der Waals surface area contributed by atoms with E-state index in [4.69, 9.17) is 4.74 Å². The predicted molar refractivity (Wildman–Crippen MR) is 52.5 cm³/mol. The van der Waals surface area contributed by atoms with Crippen molar-refractivity contribution in [2.24, 2.45) is 0 Å². The smallest absolute Gasteiger partial charge is 0.319 e. The Balaban J connectivity index is 3.33. The fraction of sp³-hybridized carbons (Fsp3) is 0.875. The van der Waals surface area contributed by atoms with Gasteiger partial charge in [0.1, 0.15) is 0 Å². The Labute approximate surface area is 78.2 Å². The third-order valence-corrected chi connectivity index (χ3v) is 2.15. The zero-order chi connectivity index (χ0) is 9.40. The first-order valence-electron chi connectivity index (χ1n) is 4.08. The molecule has 1 atom stereocenters. The molecular weight excluding hydrogens is 174 g/mol. The van der Waals surface area contributed by atoms with Crippen LogP contribution >= 0.6 is 11.8 Å². The number of carbonyl (C=O) groups excluding carboxylic acids is 1. The molecule has 0 heterocycles. The second-order valence-corrected chi connectivity index (χ2v) is 3.45. The normalized spacial score (nSPS) is 12.6. The van der Waals surface area contributed by atoms with Crippen LogP contribution in [0.25, 0.3) is 0 Å². The molecule has 3 nitrogen and oxygen atoms in total. The molecule has 0 radical (unpaired) electrons. The van der Waals surface area contributed by atoms with Crippen LogP contribution in [0.3, 0.4) is 0 Å². The third-order valence-electron chi connectivity index (χ3n) is 1.32. The van der Waals surface area contributed by atoms with Crippen LogP contribution in [0.1, 0.15) is 13.8 Å². The molecule has 4 heteroatoms. The molecule has 0 spiro atoms. The molecule has 12 heavy (non-hydrogen) atoms. The lowest BCUT2D eigenvalue weighted by molar-refractivity contribution is -0.142. The number of ether oxygens (including phenoxy) is 1. The maximum Gasteiger partial charge on any atom is 0.319 e. The molecule has 0 saturated heterocycles. The number of thioether (sulfide) groups is 1. The highest BCUT2D eigenvalue weighted by atomic mass is 32.2. The summed E-state index contributed by atoms with van der Waals surface area (Å²) in [6.07, 6.45) is 2.04. The Bertz CT molecular complexity index is 130. The van der Waals surface area contributed by atoms with Crippen molar-refractivity contribution in [1.29, 1.82) is 0 Å². The van der Waals surface area contributed by atoms with Gasteiger partial charge in [0.15, 0.2) is 0 Å². The van der Waals surface area contributed by atoms with Gasteiger partial charge in [0.25, 0.3) is 0 Å². The van der Waals surface area contributed by atoms with Gasteiger partial charge in [-0.1, -0.05) is 0 Å². The standard InChI is InChI=1S/C8H17NO2S/c1-4-11-8(10)5-9-7(2)6-12-3/h7,9H,4-6H2,1-3H3. The first-order valence-corrected chi connectivity index (χ1v) is 5.48. The Morgan fingerprint density at radius 1 is 1.67 bits per heavy atom. The van der Waals surface area contributed by atoms with Crippen LogP contribution in [0.2, 0.25) is 0 Å². The fourth-order valence-corrected chi connectivity index (χ4v) is 1.40. The van der Waals surface area contributed by atoms with Gasteiger partial charge < -0.3 is 10.1 Å². The van der Waals surface area contributed by atoms with Gasteiger partial charge in [-0.3, -0.25) is 4.79 Å². The van der Waals surface area contributed by atoms with Crippen LogP contribution in [0.15, 0.2) is 0 Å². The van der Waals surface area contributed by atoms with Crippen LogP contribution in [0, 0.1) is 0 Å². The summed E-state index contributed by atoms with van der Waals surface area (Å²) in [5.41, 5.74) is 0. The zero-order valence-electron chi connectivity index (χ0n) is 7.92. The first-order chi connectivity index (χ1) is 5.70. The lowest BCUT2D eigenvalue weighted by Crippen LogP contribution is -2.33. The quantitative estimate of drug-likeness (QED) is 0.633. The SMILES string of the molecule is CCOC(=O)CNC(C)CSC. The van der Waals surface area contributed by atoms with Gasteiger partial charge in [0, 0.05) is 11.8 Å². The first kappa shape index (κ1) is 11.8. The molecule has 0 saturated carbocycles. The maximum absolute atomic E-state index is 10.9. The minimum absolute atomic E-state index is 0.176. The van der Waals surface area contributed by atoms with Crippen LogP contribution in [0.4, 0.5) is 0 Å². The molecule has 0 amide bonds. The molecule has 0 aliphatic carbocycles. The van der Waals surface area contributed by atoms with Crippen molar-refractivity contribution in [3.05, 3.63) is 0 Å². The van der Waals surface area contributed by atoms with Crippen molar-refractivity contribution in [3.8, 4) is 0 Å². The van der Waals surface area contributed by atoms with Crippen molar-refractivity contribution in [2.75, 3.05) is 25.2 Å². The topological polar surface area (TPSA) is 38.3 Å². The summed E-state index contributed by atoms with van der Waals surface area (Å²) in [5, 5.41) is 3.07. The molecule has 0 aromatic rings. The van der Waals surface area contributed by atoms with Gasteiger partial charge in [-0.25, -0.2) is 0 Å². The highest BCUT2D eigenvalue weighted by Gasteiger charge is 2.04. The lowest BCUT2D eigenvalue weighted by atomic mass is 10.4. The summed E-state index contributed by atoms with van der Waals surface area (Å²) in [7, 11) is 0. The Hall–Kier alpha value is -0.220. The maximum atomic E-state index is 10.9. The van der Waals surface area contributed by atoms with E-state index >= 15 is 0 Å². The Kier molecular flexibility index (Phi) is 7.29. The van der Waals surface area contributed by atoms with Crippen molar-refractivity contribution in [1.82, 2.24) is 5.32 Å². The number of rotatable bonds is 6. The van der Waals surface area contributed by atoms with Crippen molar-refractivity contribution in [3.63, 3.8) is 0 Å². The summed E-state index contributed by atoms with van der Waals surface area (Å²) >= 11 is 1.76. The van der Waals surface area contributed by atoms with Crippen molar-refractivity contribution < 1.29 is 9.53 Å². The predicted octanol–water partition coefficient (Wildman–Crippen LogP) is 0.891. The monoisotopic (exact) mass is 191 g/mol. The van der Waals surface area contributed by atoms with Gasteiger partial charge >= 0.3 is 5.97 Å². The molecule has 0 fully saturated rings. The molecule has 0 aliphatic rings. The van der Waals surface area contributed by atoms with E-state index in [0.29, 0.717) is 19.2 Å². The molecule has 1 N–H and O–H groups in total. The van der Waals surface area contributed by atoms with Gasteiger partial charge in [0.05, 0.1) is 13.2 Å². The van der Waals surface area contributed by atoms with E-state index in [1.165, 1.54) is 0 Å². The van der Waals surface area contributed by atoms with E-state index in [9.17, 15) is 4.79 Å².